The highest BCUT2D eigenvalue weighted by Crippen LogP contribution is 2.40. The number of nitrogens with one attached hydrogen (secondary N) is 1. The van der Waals surface area contributed by atoms with E-state index in [9.17, 15) is 4.79 Å². The number of hydrogen-bond acceptors (Lipinski definition) is 3. The fourth-order valence-electron chi connectivity index (χ4n) is 2.76. The van der Waals surface area contributed by atoms with E-state index in [0.29, 0.717) is 11.6 Å². The Bertz CT molecular complexity index is 832. The molecule has 1 amide bonds. The van der Waals surface area contributed by atoms with Gasteiger partial charge in [0.25, 0.3) is 5.91 Å². The third-order valence-electron chi connectivity index (χ3n) is 4.06. The standard InChI is InChI=1S/C18H15N3O/c22-18(16-7-6-13-11-19-9-8-15(13)20-16)21-17-10-14(17)12-4-2-1-3-5-12/h1-9,11,14,17H,10H2,(H,21,22)/t14-,17?/m1/s1. The minimum atomic E-state index is -0.109. The van der Waals surface area contributed by atoms with Crippen molar-refractivity contribution in [2.45, 2.75) is 18.4 Å². The second-order valence-corrected chi connectivity index (χ2v) is 5.60. The lowest BCUT2D eigenvalue weighted by Crippen LogP contribution is -2.27. The van der Waals surface area contributed by atoms with Gasteiger partial charge in [0.2, 0.25) is 0 Å². The Morgan fingerprint density at radius 1 is 1.09 bits per heavy atom. The van der Waals surface area contributed by atoms with Crippen molar-refractivity contribution in [1.82, 2.24) is 15.3 Å². The van der Waals surface area contributed by atoms with Crippen molar-refractivity contribution < 1.29 is 4.79 Å². The average molecular weight is 289 g/mol. The van der Waals surface area contributed by atoms with E-state index in [-0.39, 0.29) is 11.9 Å². The van der Waals surface area contributed by atoms with Gasteiger partial charge in [0, 0.05) is 29.7 Å². The van der Waals surface area contributed by atoms with Crippen molar-refractivity contribution in [2.24, 2.45) is 0 Å². The minimum absolute atomic E-state index is 0.109. The van der Waals surface area contributed by atoms with Crippen LogP contribution < -0.4 is 5.32 Å². The Morgan fingerprint density at radius 2 is 1.95 bits per heavy atom. The van der Waals surface area contributed by atoms with Gasteiger partial charge in [0.15, 0.2) is 0 Å². The molecule has 1 fully saturated rings. The van der Waals surface area contributed by atoms with E-state index >= 15 is 0 Å². The van der Waals surface area contributed by atoms with Gasteiger partial charge in [-0.3, -0.25) is 9.78 Å². The quantitative estimate of drug-likeness (QED) is 0.806. The fraction of sp³-hybridized carbons (Fsp3) is 0.167. The summed E-state index contributed by atoms with van der Waals surface area (Å²) in [5, 5.41) is 4.00. The van der Waals surface area contributed by atoms with Crippen LogP contribution in [0.1, 0.15) is 28.4 Å². The molecule has 0 spiro atoms. The molecule has 2 heterocycles. The fourth-order valence-corrected chi connectivity index (χ4v) is 2.76. The summed E-state index contributed by atoms with van der Waals surface area (Å²) in [6.07, 6.45) is 4.42. The predicted octanol–water partition coefficient (Wildman–Crippen LogP) is 2.92. The number of benzene rings is 1. The van der Waals surface area contributed by atoms with Crippen molar-refractivity contribution in [3.63, 3.8) is 0 Å². The van der Waals surface area contributed by atoms with E-state index in [0.717, 1.165) is 17.3 Å². The van der Waals surface area contributed by atoms with Crippen LogP contribution in [0, 0.1) is 0 Å². The molecule has 3 aromatic rings. The molecule has 0 saturated heterocycles. The Kier molecular flexibility index (Phi) is 3.07. The van der Waals surface area contributed by atoms with Gasteiger partial charge < -0.3 is 5.32 Å². The monoisotopic (exact) mass is 289 g/mol. The number of nitrogens with zero attached hydrogens (tertiary/aromatic N) is 2. The third kappa shape index (κ3) is 2.44. The number of carbonyl (C=O) groups is 1. The summed E-state index contributed by atoms with van der Waals surface area (Å²) in [5.41, 5.74) is 2.53. The lowest BCUT2D eigenvalue weighted by atomic mass is 10.1. The van der Waals surface area contributed by atoms with Gasteiger partial charge in [-0.15, -0.1) is 0 Å². The highest BCUT2D eigenvalue weighted by Gasteiger charge is 2.39. The number of rotatable bonds is 3. The molecule has 1 saturated carbocycles. The molecule has 2 atom stereocenters. The van der Waals surface area contributed by atoms with Gasteiger partial charge in [-0.1, -0.05) is 30.3 Å². The summed E-state index contributed by atoms with van der Waals surface area (Å²) in [6.45, 7) is 0. The topological polar surface area (TPSA) is 54.9 Å². The van der Waals surface area contributed by atoms with Crippen molar-refractivity contribution in [3.8, 4) is 0 Å². The maximum Gasteiger partial charge on any atom is 0.270 e. The summed E-state index contributed by atoms with van der Waals surface area (Å²) < 4.78 is 0. The van der Waals surface area contributed by atoms with E-state index in [4.69, 9.17) is 0 Å². The summed E-state index contributed by atoms with van der Waals surface area (Å²) in [5.74, 6) is 0.317. The van der Waals surface area contributed by atoms with Crippen LogP contribution in [-0.2, 0) is 0 Å². The molecule has 4 rings (SSSR count). The summed E-state index contributed by atoms with van der Waals surface area (Å²) in [6, 6.07) is 16.0. The second-order valence-electron chi connectivity index (χ2n) is 5.60. The zero-order valence-corrected chi connectivity index (χ0v) is 11.9. The van der Waals surface area contributed by atoms with Gasteiger partial charge in [0.1, 0.15) is 5.69 Å². The highest BCUT2D eigenvalue weighted by molar-refractivity contribution is 5.95. The van der Waals surface area contributed by atoms with Gasteiger partial charge in [-0.25, -0.2) is 4.98 Å². The molecule has 4 heteroatoms. The highest BCUT2D eigenvalue weighted by atomic mass is 16.2. The van der Waals surface area contributed by atoms with Crippen molar-refractivity contribution >= 4 is 16.8 Å². The van der Waals surface area contributed by atoms with Crippen LogP contribution in [-0.4, -0.2) is 21.9 Å². The van der Waals surface area contributed by atoms with Crippen LogP contribution in [0.3, 0.4) is 0 Å². The number of fused-ring (bicyclic) bond motifs is 1. The smallest absolute Gasteiger partial charge is 0.270 e. The average Bonchev–Trinajstić information content (AvgIpc) is 3.34. The molecule has 4 nitrogen and oxygen atoms in total. The number of aromatic nitrogens is 2. The molecule has 108 valence electrons. The van der Waals surface area contributed by atoms with Crippen LogP contribution in [0.2, 0.25) is 0 Å². The molecule has 1 aliphatic carbocycles. The molecule has 1 aromatic carbocycles. The van der Waals surface area contributed by atoms with Gasteiger partial charge in [0.05, 0.1) is 5.52 Å². The van der Waals surface area contributed by atoms with Crippen LogP contribution in [0.5, 0.6) is 0 Å². The summed E-state index contributed by atoms with van der Waals surface area (Å²) in [7, 11) is 0. The second kappa shape index (κ2) is 5.22. The lowest BCUT2D eigenvalue weighted by Gasteiger charge is -2.05. The van der Waals surface area contributed by atoms with Crippen molar-refractivity contribution in [2.75, 3.05) is 0 Å². The van der Waals surface area contributed by atoms with Gasteiger partial charge in [-0.2, -0.15) is 0 Å². The van der Waals surface area contributed by atoms with E-state index in [1.807, 2.05) is 30.3 Å². The molecule has 1 N–H and O–H groups in total. The number of carbonyl (C=O) groups excluding carboxylic acids is 1. The van der Waals surface area contributed by atoms with Crippen LogP contribution >= 0.6 is 0 Å². The first kappa shape index (κ1) is 13.0. The molecular weight excluding hydrogens is 274 g/mol. The van der Waals surface area contributed by atoms with E-state index in [1.165, 1.54) is 5.56 Å². The van der Waals surface area contributed by atoms with Crippen LogP contribution in [0.4, 0.5) is 0 Å². The molecule has 22 heavy (non-hydrogen) atoms. The maximum absolute atomic E-state index is 12.3. The first-order chi connectivity index (χ1) is 10.8. The summed E-state index contributed by atoms with van der Waals surface area (Å²) in [4.78, 5) is 20.8. The predicted molar refractivity (Wildman–Crippen MR) is 84.6 cm³/mol. The third-order valence-corrected chi connectivity index (χ3v) is 4.06. The molecule has 0 radical (unpaired) electrons. The largest absolute Gasteiger partial charge is 0.347 e. The van der Waals surface area contributed by atoms with Crippen LogP contribution in [0.15, 0.2) is 60.9 Å². The van der Waals surface area contributed by atoms with Crippen molar-refractivity contribution in [1.29, 1.82) is 0 Å². The molecular formula is C18H15N3O. The minimum Gasteiger partial charge on any atom is -0.347 e. The Balaban J connectivity index is 1.48. The first-order valence-corrected chi connectivity index (χ1v) is 7.38. The number of amides is 1. The number of pyridine rings is 2. The number of hydrogen-bond donors (Lipinski definition) is 1. The molecule has 0 bridgehead atoms. The van der Waals surface area contributed by atoms with Crippen LogP contribution in [0.25, 0.3) is 10.9 Å². The van der Waals surface area contributed by atoms with Crippen molar-refractivity contribution in [3.05, 3.63) is 72.2 Å². The molecule has 1 unspecified atom stereocenters. The maximum atomic E-state index is 12.3. The first-order valence-electron chi connectivity index (χ1n) is 7.38. The Morgan fingerprint density at radius 3 is 2.82 bits per heavy atom. The Hall–Kier alpha value is -2.75. The molecule has 0 aliphatic heterocycles. The SMILES string of the molecule is O=C(NC1C[C@@H]1c1ccccc1)c1ccc2cnccc2n1. The zero-order valence-electron chi connectivity index (χ0n) is 11.9. The zero-order chi connectivity index (χ0) is 14.9. The summed E-state index contributed by atoms with van der Waals surface area (Å²) >= 11 is 0. The Labute approximate surface area is 128 Å². The van der Waals surface area contributed by atoms with E-state index in [1.54, 1.807) is 18.5 Å². The molecule has 2 aromatic heterocycles. The van der Waals surface area contributed by atoms with E-state index in [2.05, 4.69) is 27.4 Å². The van der Waals surface area contributed by atoms with Gasteiger partial charge in [-0.05, 0) is 30.2 Å². The molecule has 1 aliphatic rings. The lowest BCUT2D eigenvalue weighted by molar-refractivity contribution is 0.0945. The van der Waals surface area contributed by atoms with E-state index < -0.39 is 0 Å². The van der Waals surface area contributed by atoms with Gasteiger partial charge >= 0.3 is 0 Å². The normalized spacial score (nSPS) is 19.8.